The number of nitrogens with zero attached hydrogens (tertiary/aromatic N) is 4. The van der Waals surface area contributed by atoms with E-state index in [4.69, 9.17) is 9.47 Å². The van der Waals surface area contributed by atoms with Crippen LogP contribution in [0.4, 0.5) is 5.95 Å². The third kappa shape index (κ3) is 3.27. The lowest BCUT2D eigenvalue weighted by atomic mass is 10.2. The van der Waals surface area contributed by atoms with Crippen LogP contribution in [-0.2, 0) is 6.54 Å². The number of rotatable bonds is 6. The van der Waals surface area contributed by atoms with Gasteiger partial charge in [-0.2, -0.15) is 15.1 Å². The number of nitrogens with one attached hydrogen (secondary N) is 1. The Morgan fingerprint density at radius 2 is 1.83 bits per heavy atom. The summed E-state index contributed by atoms with van der Waals surface area (Å²) in [7, 11) is 3.04. The van der Waals surface area contributed by atoms with E-state index < -0.39 is 0 Å². The molecule has 3 aromatic rings. The van der Waals surface area contributed by atoms with Crippen LogP contribution < -0.4 is 20.3 Å². The van der Waals surface area contributed by atoms with Gasteiger partial charge in [-0.3, -0.25) is 4.79 Å². The van der Waals surface area contributed by atoms with Gasteiger partial charge in [-0.1, -0.05) is 18.2 Å². The summed E-state index contributed by atoms with van der Waals surface area (Å²) in [6.45, 7) is 0.814. The predicted molar refractivity (Wildman–Crippen MR) is 89.6 cm³/mol. The molecule has 2 aromatic heterocycles. The van der Waals surface area contributed by atoms with Gasteiger partial charge < -0.3 is 14.8 Å². The van der Waals surface area contributed by atoms with Gasteiger partial charge in [0.15, 0.2) is 0 Å². The van der Waals surface area contributed by atoms with Crippen molar-refractivity contribution < 1.29 is 9.47 Å². The molecule has 0 bridgehead atoms. The van der Waals surface area contributed by atoms with Crippen LogP contribution >= 0.6 is 0 Å². The van der Waals surface area contributed by atoms with Gasteiger partial charge in [0.2, 0.25) is 17.7 Å². The molecule has 3 rings (SSSR count). The van der Waals surface area contributed by atoms with Crippen LogP contribution in [0, 0.1) is 0 Å². The van der Waals surface area contributed by atoms with Crippen LogP contribution in [-0.4, -0.2) is 40.5 Å². The van der Waals surface area contributed by atoms with Crippen molar-refractivity contribution in [1.29, 1.82) is 0 Å². The second-order valence-corrected chi connectivity index (χ2v) is 4.96. The molecule has 1 N–H and O–H groups in total. The Balaban J connectivity index is 1.73. The highest BCUT2D eigenvalue weighted by Crippen LogP contribution is 2.17. The Hall–Kier alpha value is -3.16. The van der Waals surface area contributed by atoms with Crippen LogP contribution in [0.25, 0.3) is 10.8 Å². The van der Waals surface area contributed by atoms with E-state index in [0.29, 0.717) is 36.2 Å². The topological polar surface area (TPSA) is 91.2 Å². The third-order valence-corrected chi connectivity index (χ3v) is 3.47. The molecular weight excluding hydrogens is 310 g/mol. The minimum Gasteiger partial charge on any atom is -0.481 e. The van der Waals surface area contributed by atoms with E-state index in [9.17, 15) is 4.79 Å². The summed E-state index contributed by atoms with van der Waals surface area (Å²) >= 11 is 0. The maximum absolute atomic E-state index is 12.4. The number of anilines is 1. The molecule has 124 valence electrons. The van der Waals surface area contributed by atoms with Crippen molar-refractivity contribution in [3.8, 4) is 11.8 Å². The number of ether oxygens (including phenoxy) is 2. The van der Waals surface area contributed by atoms with E-state index in [1.807, 2.05) is 18.2 Å². The number of benzene rings is 1. The van der Waals surface area contributed by atoms with Crippen molar-refractivity contribution in [1.82, 2.24) is 19.7 Å². The number of hydrogen-bond donors (Lipinski definition) is 1. The number of methoxy groups -OCH3 is 2. The van der Waals surface area contributed by atoms with Gasteiger partial charge in [-0.05, 0) is 6.07 Å². The third-order valence-electron chi connectivity index (χ3n) is 3.47. The maximum atomic E-state index is 12.4. The molecule has 0 aliphatic rings. The van der Waals surface area contributed by atoms with Crippen molar-refractivity contribution in [2.24, 2.45) is 0 Å². The van der Waals surface area contributed by atoms with Gasteiger partial charge in [-0.15, -0.1) is 0 Å². The highest BCUT2D eigenvalue weighted by atomic mass is 16.5. The highest BCUT2D eigenvalue weighted by Gasteiger charge is 2.06. The highest BCUT2D eigenvalue weighted by molar-refractivity contribution is 5.80. The largest absolute Gasteiger partial charge is 0.481 e. The second-order valence-electron chi connectivity index (χ2n) is 4.96. The zero-order chi connectivity index (χ0) is 16.9. The minimum atomic E-state index is -0.126. The molecule has 0 amide bonds. The molecule has 0 spiro atoms. The zero-order valence-electron chi connectivity index (χ0n) is 13.4. The van der Waals surface area contributed by atoms with Gasteiger partial charge in [0.05, 0.1) is 38.4 Å². The molecule has 8 heteroatoms. The summed E-state index contributed by atoms with van der Waals surface area (Å²) in [6.07, 6.45) is 1.68. The standard InChI is InChI=1S/C16H17N5O3/c1-23-13-9-14(24-2)20-16(19-13)17-7-8-21-15(22)12-6-4-3-5-11(12)10-18-21/h3-6,9-10H,7-8H2,1-2H3,(H,17,19,20). The molecule has 0 aliphatic heterocycles. The summed E-state index contributed by atoms with van der Waals surface area (Å²) in [6, 6.07) is 8.95. The molecule has 0 radical (unpaired) electrons. The van der Waals surface area contributed by atoms with Crippen LogP contribution in [0.5, 0.6) is 11.8 Å². The van der Waals surface area contributed by atoms with Gasteiger partial charge in [0.25, 0.3) is 5.56 Å². The quantitative estimate of drug-likeness (QED) is 0.730. The van der Waals surface area contributed by atoms with E-state index >= 15 is 0 Å². The molecule has 0 saturated carbocycles. The average Bonchev–Trinajstić information content (AvgIpc) is 2.63. The molecule has 0 fully saturated rings. The Morgan fingerprint density at radius 3 is 2.54 bits per heavy atom. The molecule has 0 atom stereocenters. The first-order valence-corrected chi connectivity index (χ1v) is 7.37. The van der Waals surface area contributed by atoms with Crippen molar-refractivity contribution >= 4 is 16.7 Å². The number of hydrogen-bond acceptors (Lipinski definition) is 7. The fourth-order valence-corrected chi connectivity index (χ4v) is 2.25. The smallest absolute Gasteiger partial charge is 0.274 e. The van der Waals surface area contributed by atoms with E-state index in [2.05, 4.69) is 20.4 Å². The summed E-state index contributed by atoms with van der Waals surface area (Å²) in [5, 5.41) is 8.69. The van der Waals surface area contributed by atoms with Crippen LogP contribution in [0.1, 0.15) is 0 Å². The van der Waals surface area contributed by atoms with E-state index in [1.165, 1.54) is 18.9 Å². The number of fused-ring (bicyclic) bond motifs is 1. The molecule has 1 aromatic carbocycles. The monoisotopic (exact) mass is 327 g/mol. The molecule has 2 heterocycles. The lowest BCUT2D eigenvalue weighted by molar-refractivity contribution is 0.372. The molecule has 24 heavy (non-hydrogen) atoms. The molecular formula is C16H17N5O3. The first-order chi connectivity index (χ1) is 11.7. The second kappa shape index (κ2) is 6.95. The van der Waals surface area contributed by atoms with Crippen LogP contribution in [0.3, 0.4) is 0 Å². The Kier molecular flexibility index (Phi) is 4.55. The number of aromatic nitrogens is 4. The van der Waals surface area contributed by atoms with Gasteiger partial charge in [0.1, 0.15) is 0 Å². The van der Waals surface area contributed by atoms with Gasteiger partial charge in [-0.25, -0.2) is 4.68 Å². The fourth-order valence-electron chi connectivity index (χ4n) is 2.25. The van der Waals surface area contributed by atoms with Crippen molar-refractivity contribution in [3.05, 3.63) is 46.9 Å². The first kappa shape index (κ1) is 15.7. The molecule has 0 saturated heterocycles. The average molecular weight is 327 g/mol. The van der Waals surface area contributed by atoms with Crippen molar-refractivity contribution in [3.63, 3.8) is 0 Å². The normalized spacial score (nSPS) is 10.6. The molecule has 0 aliphatic carbocycles. The van der Waals surface area contributed by atoms with Crippen molar-refractivity contribution in [2.75, 3.05) is 26.1 Å². The van der Waals surface area contributed by atoms with E-state index in [-0.39, 0.29) is 5.56 Å². The van der Waals surface area contributed by atoms with Gasteiger partial charge in [0, 0.05) is 11.9 Å². The molecule has 8 nitrogen and oxygen atoms in total. The minimum absolute atomic E-state index is 0.126. The maximum Gasteiger partial charge on any atom is 0.274 e. The Bertz CT molecular complexity index is 887. The Labute approximate surface area is 138 Å². The van der Waals surface area contributed by atoms with Crippen molar-refractivity contribution in [2.45, 2.75) is 6.54 Å². The predicted octanol–water partition coefficient (Wildman–Crippen LogP) is 1.32. The first-order valence-electron chi connectivity index (χ1n) is 7.37. The summed E-state index contributed by atoms with van der Waals surface area (Å²) in [5.41, 5.74) is -0.126. The van der Waals surface area contributed by atoms with Crippen LogP contribution in [0.2, 0.25) is 0 Å². The van der Waals surface area contributed by atoms with E-state index in [0.717, 1.165) is 5.39 Å². The van der Waals surface area contributed by atoms with E-state index in [1.54, 1.807) is 18.3 Å². The summed E-state index contributed by atoms with van der Waals surface area (Å²) in [4.78, 5) is 20.7. The SMILES string of the molecule is COc1cc(OC)nc(NCCn2ncc3ccccc3c2=O)n1. The zero-order valence-corrected chi connectivity index (χ0v) is 13.4. The summed E-state index contributed by atoms with van der Waals surface area (Å²) < 4.78 is 11.6. The van der Waals surface area contributed by atoms with Crippen LogP contribution in [0.15, 0.2) is 41.3 Å². The molecule has 0 unspecified atom stereocenters. The Morgan fingerprint density at radius 1 is 1.12 bits per heavy atom. The fraction of sp³-hybridized carbons (Fsp3) is 0.250. The summed E-state index contributed by atoms with van der Waals surface area (Å²) in [5.74, 6) is 1.15. The van der Waals surface area contributed by atoms with Gasteiger partial charge >= 0.3 is 0 Å². The lowest BCUT2D eigenvalue weighted by Crippen LogP contribution is -2.26. The lowest BCUT2D eigenvalue weighted by Gasteiger charge is -2.09.